The van der Waals surface area contributed by atoms with Crippen LogP contribution in [0, 0.1) is 0 Å². The minimum atomic E-state index is -2.09. The summed E-state index contributed by atoms with van der Waals surface area (Å²) in [7, 11) is 0. The van der Waals surface area contributed by atoms with Crippen molar-refractivity contribution in [1.82, 2.24) is 0 Å². The van der Waals surface area contributed by atoms with Gasteiger partial charge in [-0.05, 0) is 24.6 Å². The maximum Gasteiger partial charge on any atom is 0.333 e. The van der Waals surface area contributed by atoms with Crippen LogP contribution >= 0.6 is 0 Å². The van der Waals surface area contributed by atoms with Crippen LogP contribution in [0.3, 0.4) is 0 Å². The Balaban J connectivity index is 2.53. The first kappa shape index (κ1) is 20.1. The number of rotatable bonds is 8. The zero-order valence-electron chi connectivity index (χ0n) is 15.0. The molecule has 2 aromatic rings. The zero-order chi connectivity index (χ0) is 19.9. The van der Waals surface area contributed by atoms with Crippen molar-refractivity contribution < 1.29 is 23.9 Å². The van der Waals surface area contributed by atoms with Crippen LogP contribution < -0.4 is 10.5 Å². The fraction of sp³-hybridized carbons (Fsp3) is 0.190. The van der Waals surface area contributed by atoms with Crippen molar-refractivity contribution in [3.05, 3.63) is 78.9 Å². The molecule has 0 spiro atoms. The molecule has 0 amide bonds. The van der Waals surface area contributed by atoms with Crippen molar-refractivity contribution in [2.45, 2.75) is 17.9 Å². The molecule has 6 heteroatoms. The molecule has 2 N–H and O–H groups in total. The van der Waals surface area contributed by atoms with E-state index in [1.807, 2.05) is 0 Å². The molecular formula is C21H21NO5. The van der Waals surface area contributed by atoms with E-state index in [2.05, 4.69) is 6.58 Å². The normalized spacial score (nSPS) is 14.9. The van der Waals surface area contributed by atoms with E-state index >= 15 is 0 Å². The van der Waals surface area contributed by atoms with E-state index in [4.69, 9.17) is 15.2 Å². The lowest BCUT2D eigenvalue weighted by Gasteiger charge is -2.38. The van der Waals surface area contributed by atoms with Crippen molar-refractivity contribution in [2.24, 2.45) is 5.73 Å². The van der Waals surface area contributed by atoms with E-state index in [-0.39, 0.29) is 17.9 Å². The number of carbonyl (C=O) groups is 3. The molecule has 0 aliphatic rings. The summed E-state index contributed by atoms with van der Waals surface area (Å²) in [4.78, 5) is 37.9. The lowest BCUT2D eigenvalue weighted by molar-refractivity contribution is -0.161. The first-order valence-electron chi connectivity index (χ1n) is 8.26. The van der Waals surface area contributed by atoms with Crippen LogP contribution in [0.2, 0.25) is 0 Å². The fourth-order valence-corrected chi connectivity index (χ4v) is 2.68. The fourth-order valence-electron chi connectivity index (χ4n) is 2.68. The van der Waals surface area contributed by atoms with Gasteiger partial charge in [0.15, 0.2) is 5.41 Å². The van der Waals surface area contributed by atoms with Gasteiger partial charge in [-0.1, -0.05) is 61.2 Å². The molecule has 27 heavy (non-hydrogen) atoms. The topological polar surface area (TPSA) is 95.7 Å². The Kier molecular flexibility index (Phi) is 6.26. The summed E-state index contributed by atoms with van der Waals surface area (Å²) < 4.78 is 10.4. The highest BCUT2D eigenvalue weighted by Crippen LogP contribution is 2.35. The third-order valence-corrected chi connectivity index (χ3v) is 4.26. The van der Waals surface area contributed by atoms with E-state index in [1.54, 1.807) is 48.5 Å². The molecule has 0 radical (unpaired) electrons. The van der Waals surface area contributed by atoms with E-state index in [1.165, 1.54) is 25.1 Å². The number of hydrogen-bond acceptors (Lipinski definition) is 6. The number of carbonyl (C=O) groups excluding carboxylic acids is 3. The second-order valence-electron chi connectivity index (χ2n) is 6.08. The van der Waals surface area contributed by atoms with Crippen LogP contribution in [-0.2, 0) is 24.5 Å². The van der Waals surface area contributed by atoms with Crippen molar-refractivity contribution in [3.8, 4) is 5.75 Å². The monoisotopic (exact) mass is 367 g/mol. The molecule has 0 heterocycles. The highest BCUT2D eigenvalue weighted by atomic mass is 16.5. The maximum atomic E-state index is 12.9. The molecule has 2 rings (SSSR count). The Bertz CT molecular complexity index is 817. The predicted octanol–water partition coefficient (Wildman–Crippen LogP) is 2.18. The molecule has 6 nitrogen and oxygen atoms in total. The second kappa shape index (κ2) is 8.42. The minimum absolute atomic E-state index is 0.134. The van der Waals surface area contributed by atoms with Gasteiger partial charge in [0.05, 0.1) is 0 Å². The summed E-state index contributed by atoms with van der Waals surface area (Å²) in [6, 6.07) is 16.3. The summed E-state index contributed by atoms with van der Waals surface area (Å²) in [5.74, 6) is -1.66. The predicted molar refractivity (Wildman–Crippen MR) is 100 cm³/mol. The van der Waals surface area contributed by atoms with Crippen molar-refractivity contribution in [1.29, 1.82) is 0 Å². The van der Waals surface area contributed by atoms with Gasteiger partial charge < -0.3 is 20.0 Å². The van der Waals surface area contributed by atoms with Gasteiger partial charge >= 0.3 is 11.9 Å². The molecule has 2 unspecified atom stereocenters. The summed E-state index contributed by atoms with van der Waals surface area (Å²) in [5.41, 5.74) is 2.36. The van der Waals surface area contributed by atoms with E-state index in [0.717, 1.165) is 0 Å². The average molecular weight is 367 g/mol. The van der Waals surface area contributed by atoms with Crippen LogP contribution in [0.4, 0.5) is 0 Å². The molecule has 0 fully saturated rings. The van der Waals surface area contributed by atoms with Gasteiger partial charge in [-0.25, -0.2) is 4.79 Å². The zero-order valence-corrected chi connectivity index (χ0v) is 15.0. The van der Waals surface area contributed by atoms with Gasteiger partial charge in [0.25, 0.3) is 0 Å². The highest BCUT2D eigenvalue weighted by molar-refractivity contribution is 6.08. The molecule has 0 aromatic heterocycles. The minimum Gasteiger partial charge on any atom is -0.460 e. The molecule has 2 atom stereocenters. The SMILES string of the molecule is C=CCOC(=O)C(C=O)(c1ccccc1)C(C)(N)C(=O)Oc1ccccc1. The Morgan fingerprint density at radius 3 is 2.11 bits per heavy atom. The Morgan fingerprint density at radius 1 is 1.04 bits per heavy atom. The number of benzene rings is 2. The number of ether oxygens (including phenoxy) is 2. The van der Waals surface area contributed by atoms with Gasteiger partial charge in [-0.3, -0.25) is 4.79 Å². The first-order chi connectivity index (χ1) is 12.9. The van der Waals surface area contributed by atoms with Crippen molar-refractivity contribution >= 4 is 18.2 Å². The van der Waals surface area contributed by atoms with Crippen LogP contribution in [-0.4, -0.2) is 30.4 Å². The Labute approximate surface area is 157 Å². The van der Waals surface area contributed by atoms with E-state index in [9.17, 15) is 14.4 Å². The molecule has 0 bridgehead atoms. The highest BCUT2D eigenvalue weighted by Gasteiger charge is 2.60. The van der Waals surface area contributed by atoms with Crippen LogP contribution in [0.15, 0.2) is 73.3 Å². The number of para-hydroxylation sites is 1. The van der Waals surface area contributed by atoms with Gasteiger partial charge in [0.1, 0.15) is 24.2 Å². The lowest BCUT2D eigenvalue weighted by Crippen LogP contribution is -2.67. The number of nitrogens with two attached hydrogens (primary N) is 1. The van der Waals surface area contributed by atoms with E-state index in [0.29, 0.717) is 6.29 Å². The smallest absolute Gasteiger partial charge is 0.333 e. The Morgan fingerprint density at radius 2 is 1.59 bits per heavy atom. The standard InChI is InChI=1S/C21H21NO5/c1-3-14-26-19(25)21(15-23,16-10-6-4-7-11-16)20(2,22)18(24)27-17-12-8-5-9-13-17/h3-13,15H,1,14,22H2,2H3. The van der Waals surface area contributed by atoms with E-state index < -0.39 is 22.9 Å². The number of esters is 2. The van der Waals surface area contributed by atoms with Crippen molar-refractivity contribution in [3.63, 3.8) is 0 Å². The molecule has 0 saturated heterocycles. The maximum absolute atomic E-state index is 12.9. The second-order valence-corrected chi connectivity index (χ2v) is 6.08. The molecule has 0 aliphatic heterocycles. The van der Waals surface area contributed by atoms with Gasteiger partial charge in [0.2, 0.25) is 0 Å². The summed E-state index contributed by atoms with van der Waals surface area (Å²) >= 11 is 0. The summed E-state index contributed by atoms with van der Waals surface area (Å²) in [5, 5.41) is 0. The number of hydrogen-bond donors (Lipinski definition) is 1. The molecule has 0 saturated carbocycles. The molecule has 0 aliphatic carbocycles. The van der Waals surface area contributed by atoms with Crippen LogP contribution in [0.25, 0.3) is 0 Å². The summed E-state index contributed by atoms with van der Waals surface area (Å²) in [6.07, 6.45) is 1.69. The van der Waals surface area contributed by atoms with Crippen LogP contribution in [0.5, 0.6) is 5.75 Å². The van der Waals surface area contributed by atoms with Gasteiger partial charge in [0, 0.05) is 0 Å². The Hall–Kier alpha value is -3.25. The largest absolute Gasteiger partial charge is 0.460 e. The summed E-state index contributed by atoms with van der Waals surface area (Å²) in [6.45, 7) is 4.62. The molecule has 140 valence electrons. The third-order valence-electron chi connectivity index (χ3n) is 4.26. The number of aldehydes is 1. The molecular weight excluding hydrogens is 346 g/mol. The first-order valence-corrected chi connectivity index (χ1v) is 8.26. The lowest BCUT2D eigenvalue weighted by atomic mass is 9.67. The van der Waals surface area contributed by atoms with Crippen molar-refractivity contribution in [2.75, 3.05) is 6.61 Å². The third kappa shape index (κ3) is 3.80. The quantitative estimate of drug-likeness (QED) is 0.253. The van der Waals surface area contributed by atoms with Gasteiger partial charge in [-0.2, -0.15) is 0 Å². The average Bonchev–Trinajstić information content (AvgIpc) is 2.68. The van der Waals surface area contributed by atoms with Crippen LogP contribution in [0.1, 0.15) is 12.5 Å². The van der Waals surface area contributed by atoms with Gasteiger partial charge in [-0.15, -0.1) is 0 Å². The molecule has 2 aromatic carbocycles.